The molecule has 0 spiro atoms. The molecule has 2 fully saturated rings. The molecule has 1 atom stereocenters. The molecule has 0 aliphatic carbocycles. The number of aliphatic imine (C=N–C) groups is 1. The highest BCUT2D eigenvalue weighted by Crippen LogP contribution is 2.36. The summed E-state index contributed by atoms with van der Waals surface area (Å²) in [5.41, 5.74) is 3.78. The van der Waals surface area contributed by atoms with Gasteiger partial charge in [0.25, 0.3) is 0 Å². The molecule has 46 heavy (non-hydrogen) atoms. The maximum absolute atomic E-state index is 15.6. The van der Waals surface area contributed by atoms with E-state index in [-0.39, 0.29) is 37.4 Å². The van der Waals surface area contributed by atoms with E-state index in [1.165, 1.54) is 40.4 Å². The number of nitrogens with zero attached hydrogens (tertiary/aromatic N) is 6. The predicted molar refractivity (Wildman–Crippen MR) is 170 cm³/mol. The number of carbonyl (C=O) groups is 2. The second kappa shape index (κ2) is 12.4. The highest BCUT2D eigenvalue weighted by Gasteiger charge is 2.34. The molecule has 1 N–H and O–H groups in total. The quantitative estimate of drug-likeness (QED) is 0.403. The minimum atomic E-state index is -0.696. The van der Waals surface area contributed by atoms with Crippen LogP contribution in [0.4, 0.5) is 25.1 Å². The van der Waals surface area contributed by atoms with Gasteiger partial charge in [0, 0.05) is 49.0 Å². The maximum atomic E-state index is 15.6. The Hall–Kier alpha value is -4.39. The van der Waals surface area contributed by atoms with Gasteiger partial charge in [-0.25, -0.2) is 28.5 Å². The summed E-state index contributed by atoms with van der Waals surface area (Å²) in [6, 6.07) is 7.19. The van der Waals surface area contributed by atoms with Crippen LogP contribution in [-0.2, 0) is 14.4 Å². The summed E-state index contributed by atoms with van der Waals surface area (Å²) in [4.78, 5) is 49.4. The second-order valence-corrected chi connectivity index (χ2v) is 13.3. The minimum absolute atomic E-state index is 0.0866. The average Bonchev–Trinajstić information content (AvgIpc) is 3.51. The maximum Gasteiger partial charge on any atom is 0.410 e. The number of halogens is 2. The molecule has 13 heteroatoms. The van der Waals surface area contributed by atoms with Gasteiger partial charge in [0.1, 0.15) is 42.1 Å². The van der Waals surface area contributed by atoms with Crippen LogP contribution in [0.15, 0.2) is 41.7 Å². The molecule has 3 aromatic rings. The lowest BCUT2D eigenvalue weighted by molar-refractivity contribution is -0.121. The summed E-state index contributed by atoms with van der Waals surface area (Å²) in [6.07, 6.45) is 2.47. The molecule has 3 aliphatic rings. The van der Waals surface area contributed by atoms with Crippen molar-refractivity contribution in [1.29, 1.82) is 0 Å². The number of hydroxylamine groups is 1. The van der Waals surface area contributed by atoms with Gasteiger partial charge in [-0.15, -0.1) is 5.48 Å². The van der Waals surface area contributed by atoms with E-state index in [2.05, 4.69) is 20.3 Å². The number of carbonyl (C=O) groups excluding carboxylic acids is 2. The second-order valence-electron chi connectivity index (χ2n) is 13.3. The Morgan fingerprint density at radius 1 is 1.07 bits per heavy atom. The van der Waals surface area contributed by atoms with E-state index in [4.69, 9.17) is 14.6 Å². The monoisotopic (exact) mass is 635 g/mol. The third kappa shape index (κ3) is 6.46. The molecular formula is C33H39F2N7O4. The summed E-state index contributed by atoms with van der Waals surface area (Å²) < 4.78 is 36.1. The number of amides is 2. The van der Waals surface area contributed by atoms with Crippen LogP contribution < -0.4 is 15.3 Å². The molecule has 11 nitrogen and oxygen atoms in total. The molecule has 1 unspecified atom stereocenters. The number of ether oxygens (including phenoxy) is 1. The van der Waals surface area contributed by atoms with Crippen molar-refractivity contribution in [1.82, 2.24) is 20.3 Å². The number of anilines is 2. The number of hydrogen-bond acceptors (Lipinski definition) is 9. The smallest absolute Gasteiger partial charge is 0.410 e. The Morgan fingerprint density at radius 3 is 2.48 bits per heavy atom. The summed E-state index contributed by atoms with van der Waals surface area (Å²) >= 11 is 0. The van der Waals surface area contributed by atoms with Crippen molar-refractivity contribution < 1.29 is 27.9 Å². The Morgan fingerprint density at radius 2 is 1.83 bits per heavy atom. The van der Waals surface area contributed by atoms with Crippen LogP contribution in [0.3, 0.4) is 0 Å². The van der Waals surface area contributed by atoms with Crippen molar-refractivity contribution in [2.75, 3.05) is 42.5 Å². The van der Waals surface area contributed by atoms with Gasteiger partial charge in [-0.3, -0.25) is 9.69 Å². The Labute approximate surface area is 266 Å². The molecule has 2 aromatic carbocycles. The SMILES string of the molecule is CC(C)C1=NC(C2CCN(c3ncnc4c(-c5ccc(N6CCN(C(=O)OC(C)(C)C)CC6=O)c(F)c5)cc(F)cc34)CC2)NO1. The van der Waals surface area contributed by atoms with E-state index in [0.29, 0.717) is 52.8 Å². The third-order valence-corrected chi connectivity index (χ3v) is 8.43. The Kier molecular flexibility index (Phi) is 8.53. The molecule has 1 aromatic heterocycles. The lowest BCUT2D eigenvalue weighted by Crippen LogP contribution is -2.53. The van der Waals surface area contributed by atoms with Crippen molar-refractivity contribution in [3.8, 4) is 11.1 Å². The third-order valence-electron chi connectivity index (χ3n) is 8.43. The summed E-state index contributed by atoms with van der Waals surface area (Å²) in [7, 11) is 0. The van der Waals surface area contributed by atoms with Gasteiger partial charge in [-0.1, -0.05) is 19.9 Å². The number of piperidine rings is 1. The summed E-state index contributed by atoms with van der Waals surface area (Å²) in [5, 5.41) is 0.538. The van der Waals surface area contributed by atoms with Gasteiger partial charge in [0.2, 0.25) is 11.8 Å². The van der Waals surface area contributed by atoms with Gasteiger partial charge < -0.3 is 19.4 Å². The fraction of sp³-hybridized carbons (Fsp3) is 0.485. The zero-order chi connectivity index (χ0) is 32.7. The minimum Gasteiger partial charge on any atom is -0.444 e. The first-order chi connectivity index (χ1) is 21.9. The molecule has 244 valence electrons. The van der Waals surface area contributed by atoms with Gasteiger partial charge >= 0.3 is 6.09 Å². The molecule has 0 saturated carbocycles. The van der Waals surface area contributed by atoms with Crippen molar-refractivity contribution >= 4 is 40.3 Å². The van der Waals surface area contributed by atoms with Crippen molar-refractivity contribution in [3.63, 3.8) is 0 Å². The Bertz CT molecular complexity index is 1680. The molecule has 6 rings (SSSR count). The average molecular weight is 636 g/mol. The van der Waals surface area contributed by atoms with Crippen LogP contribution in [-0.4, -0.2) is 77.3 Å². The normalized spacial score (nSPS) is 19.6. The number of aromatic nitrogens is 2. The molecule has 2 amide bonds. The van der Waals surface area contributed by atoms with Crippen LogP contribution >= 0.6 is 0 Å². The van der Waals surface area contributed by atoms with E-state index in [1.807, 2.05) is 13.8 Å². The number of rotatable bonds is 5. The number of fused-ring (bicyclic) bond motifs is 1. The van der Waals surface area contributed by atoms with Crippen LogP contribution in [0.1, 0.15) is 47.5 Å². The summed E-state index contributed by atoms with van der Waals surface area (Å²) in [5.74, 6) is 0.284. The molecule has 0 bridgehead atoms. The first-order valence-electron chi connectivity index (χ1n) is 15.7. The van der Waals surface area contributed by atoms with E-state index in [9.17, 15) is 9.59 Å². The van der Waals surface area contributed by atoms with E-state index in [0.717, 1.165) is 12.8 Å². The zero-order valence-corrected chi connectivity index (χ0v) is 26.7. The van der Waals surface area contributed by atoms with Crippen molar-refractivity contribution in [2.24, 2.45) is 16.8 Å². The van der Waals surface area contributed by atoms with E-state index in [1.54, 1.807) is 26.8 Å². The molecule has 4 heterocycles. The Balaban J connectivity index is 1.20. The van der Waals surface area contributed by atoms with Gasteiger partial charge in [-0.05, 0) is 63.4 Å². The highest BCUT2D eigenvalue weighted by molar-refractivity contribution is 6.00. The van der Waals surface area contributed by atoms with Crippen LogP contribution in [0.2, 0.25) is 0 Å². The highest BCUT2D eigenvalue weighted by atomic mass is 19.1. The first kappa shape index (κ1) is 31.6. The molecular weight excluding hydrogens is 596 g/mol. The predicted octanol–water partition coefficient (Wildman–Crippen LogP) is 5.29. The topological polar surface area (TPSA) is 112 Å². The lowest BCUT2D eigenvalue weighted by Gasteiger charge is -2.35. The van der Waals surface area contributed by atoms with E-state index < -0.39 is 29.2 Å². The molecule has 2 saturated heterocycles. The number of hydrogen-bond donors (Lipinski definition) is 1. The van der Waals surface area contributed by atoms with Crippen LogP contribution in [0.5, 0.6) is 0 Å². The van der Waals surface area contributed by atoms with Crippen LogP contribution in [0, 0.1) is 23.5 Å². The summed E-state index contributed by atoms with van der Waals surface area (Å²) in [6.45, 7) is 10.8. The lowest BCUT2D eigenvalue weighted by atomic mass is 9.93. The van der Waals surface area contributed by atoms with Gasteiger partial charge in [0.05, 0.1) is 11.2 Å². The van der Waals surface area contributed by atoms with E-state index >= 15 is 8.78 Å². The fourth-order valence-electron chi connectivity index (χ4n) is 6.10. The largest absolute Gasteiger partial charge is 0.444 e. The van der Waals surface area contributed by atoms with Gasteiger partial charge in [0.15, 0.2) is 0 Å². The van der Waals surface area contributed by atoms with Gasteiger partial charge in [-0.2, -0.15) is 0 Å². The van der Waals surface area contributed by atoms with Crippen molar-refractivity contribution in [3.05, 3.63) is 48.3 Å². The fourth-order valence-corrected chi connectivity index (χ4v) is 6.10. The zero-order valence-electron chi connectivity index (χ0n) is 26.7. The number of benzene rings is 2. The standard InChI is InChI=1S/C33H39F2N7O4/c1-19(2)31-38-29(39-46-31)20-8-10-40(11-9-20)30-24-16-22(34)15-23(28(24)36-18-37-30)21-6-7-26(25(35)14-21)42-13-12-41(17-27(42)43)32(44)45-33(3,4)5/h6-7,14-16,18-20,29,39H,8-13,17H2,1-5H3. The van der Waals surface area contributed by atoms with Crippen molar-refractivity contribution in [2.45, 2.75) is 59.2 Å². The number of piperazine rings is 1. The molecule has 0 radical (unpaired) electrons. The van der Waals surface area contributed by atoms with Crippen LogP contribution in [0.25, 0.3) is 22.0 Å². The first-order valence-corrected chi connectivity index (χ1v) is 15.7. The number of nitrogens with one attached hydrogen (secondary N) is 1. The molecule has 3 aliphatic heterocycles.